The Hall–Kier alpha value is -2.88. The second kappa shape index (κ2) is 6.26. The lowest BCUT2D eigenvalue weighted by molar-refractivity contribution is -0.122. The van der Waals surface area contributed by atoms with Crippen LogP contribution in [-0.4, -0.2) is 24.3 Å². The Kier molecular flexibility index (Phi) is 4.01. The van der Waals surface area contributed by atoms with E-state index in [9.17, 15) is 4.79 Å². The van der Waals surface area contributed by atoms with Gasteiger partial charge in [0.2, 0.25) is 0 Å². The van der Waals surface area contributed by atoms with Crippen molar-refractivity contribution in [2.45, 2.75) is 6.54 Å². The maximum Gasteiger partial charge on any atom is 0.277 e. The number of hydrogen-bond donors (Lipinski definition) is 0. The minimum atomic E-state index is -0.0836. The molecule has 3 rings (SSSR count). The van der Waals surface area contributed by atoms with Crippen LogP contribution in [0.2, 0.25) is 0 Å². The van der Waals surface area contributed by atoms with Crippen LogP contribution in [0.15, 0.2) is 65.3 Å². The summed E-state index contributed by atoms with van der Waals surface area (Å²) in [7, 11) is 1.62. The Morgan fingerprint density at radius 1 is 1.09 bits per heavy atom. The Morgan fingerprint density at radius 2 is 1.82 bits per heavy atom. The molecule has 2 aromatic carbocycles. The Labute approximate surface area is 129 Å². The fourth-order valence-corrected chi connectivity index (χ4v) is 2.24. The first-order valence-corrected chi connectivity index (χ1v) is 7.01. The molecular weight excluding hydrogens is 276 g/mol. The molecule has 2 aromatic rings. The van der Waals surface area contributed by atoms with Crippen LogP contribution in [0.5, 0.6) is 5.75 Å². The maximum atomic E-state index is 12.3. The van der Waals surface area contributed by atoms with Crippen molar-refractivity contribution in [1.29, 1.82) is 0 Å². The van der Waals surface area contributed by atoms with Gasteiger partial charge in [0.25, 0.3) is 5.91 Å². The summed E-state index contributed by atoms with van der Waals surface area (Å²) < 4.78 is 5.12. The number of ether oxygens (including phenoxy) is 1. The summed E-state index contributed by atoms with van der Waals surface area (Å²) in [6, 6.07) is 17.4. The molecule has 0 aromatic heterocycles. The van der Waals surface area contributed by atoms with E-state index in [1.165, 1.54) is 0 Å². The molecule has 0 fully saturated rings. The molecule has 0 saturated carbocycles. The number of amides is 1. The summed E-state index contributed by atoms with van der Waals surface area (Å²) in [5.74, 6) is 0.703. The molecule has 4 heteroatoms. The summed E-state index contributed by atoms with van der Waals surface area (Å²) in [6.07, 6.45) is 3.37. The van der Waals surface area contributed by atoms with Crippen LogP contribution < -0.4 is 4.74 Å². The molecule has 0 aliphatic carbocycles. The molecule has 0 unspecified atom stereocenters. The second-order valence-corrected chi connectivity index (χ2v) is 4.97. The van der Waals surface area contributed by atoms with E-state index in [0.29, 0.717) is 12.2 Å². The van der Waals surface area contributed by atoms with E-state index in [4.69, 9.17) is 4.74 Å². The van der Waals surface area contributed by atoms with Crippen LogP contribution >= 0.6 is 0 Å². The molecule has 0 saturated heterocycles. The zero-order chi connectivity index (χ0) is 15.4. The molecule has 1 amide bonds. The number of benzene rings is 2. The van der Waals surface area contributed by atoms with Crippen molar-refractivity contribution in [2.75, 3.05) is 7.11 Å². The SMILES string of the molecule is COc1ccc(/C=C2/N=CN(Cc3ccccc3)C2=O)cc1. The van der Waals surface area contributed by atoms with Crippen molar-refractivity contribution in [3.8, 4) is 5.75 Å². The average Bonchev–Trinajstić information content (AvgIpc) is 2.90. The van der Waals surface area contributed by atoms with Gasteiger partial charge in [0.05, 0.1) is 20.0 Å². The zero-order valence-corrected chi connectivity index (χ0v) is 12.3. The molecule has 1 heterocycles. The largest absolute Gasteiger partial charge is 0.497 e. The molecule has 110 valence electrons. The molecule has 0 spiro atoms. The number of nitrogens with zero attached hydrogens (tertiary/aromatic N) is 2. The highest BCUT2D eigenvalue weighted by Crippen LogP contribution is 2.19. The third-order valence-electron chi connectivity index (χ3n) is 3.43. The van der Waals surface area contributed by atoms with Crippen molar-refractivity contribution < 1.29 is 9.53 Å². The van der Waals surface area contributed by atoms with E-state index in [1.54, 1.807) is 24.4 Å². The number of aliphatic imine (C=N–C) groups is 1. The first kappa shape index (κ1) is 14.1. The van der Waals surface area contributed by atoms with Crippen molar-refractivity contribution in [2.24, 2.45) is 4.99 Å². The van der Waals surface area contributed by atoms with Gasteiger partial charge in [-0.1, -0.05) is 42.5 Å². The lowest BCUT2D eigenvalue weighted by atomic mass is 10.1. The summed E-state index contributed by atoms with van der Waals surface area (Å²) in [6.45, 7) is 0.531. The van der Waals surface area contributed by atoms with Crippen LogP contribution in [0.4, 0.5) is 0 Å². The fourth-order valence-electron chi connectivity index (χ4n) is 2.24. The molecule has 4 nitrogen and oxygen atoms in total. The monoisotopic (exact) mass is 292 g/mol. The molecule has 0 atom stereocenters. The molecule has 1 aliphatic heterocycles. The quantitative estimate of drug-likeness (QED) is 0.813. The van der Waals surface area contributed by atoms with Crippen LogP contribution in [0.25, 0.3) is 6.08 Å². The number of methoxy groups -OCH3 is 1. The van der Waals surface area contributed by atoms with Crippen molar-refractivity contribution in [3.05, 3.63) is 71.4 Å². The first-order valence-electron chi connectivity index (χ1n) is 7.01. The normalized spacial score (nSPS) is 15.6. The Balaban J connectivity index is 1.73. The lowest BCUT2D eigenvalue weighted by Gasteiger charge is -2.11. The number of hydrogen-bond acceptors (Lipinski definition) is 3. The molecular formula is C18H16N2O2. The third-order valence-corrected chi connectivity index (χ3v) is 3.43. The molecule has 22 heavy (non-hydrogen) atoms. The van der Waals surface area contributed by atoms with E-state index < -0.39 is 0 Å². The van der Waals surface area contributed by atoms with Crippen LogP contribution in [0, 0.1) is 0 Å². The lowest BCUT2D eigenvalue weighted by Crippen LogP contribution is -2.24. The third kappa shape index (κ3) is 3.06. The summed E-state index contributed by atoms with van der Waals surface area (Å²) in [5.41, 5.74) is 2.44. The number of rotatable bonds is 4. The second-order valence-electron chi connectivity index (χ2n) is 4.97. The van der Waals surface area contributed by atoms with Gasteiger partial charge in [-0.3, -0.25) is 9.69 Å². The van der Waals surface area contributed by atoms with Gasteiger partial charge >= 0.3 is 0 Å². The van der Waals surface area contributed by atoms with Crippen LogP contribution in [-0.2, 0) is 11.3 Å². The molecule has 0 bridgehead atoms. The predicted molar refractivity (Wildman–Crippen MR) is 86.5 cm³/mol. The summed E-state index contributed by atoms with van der Waals surface area (Å²) >= 11 is 0. The zero-order valence-electron chi connectivity index (χ0n) is 12.3. The van der Waals surface area contributed by atoms with E-state index in [1.807, 2.05) is 54.6 Å². The van der Waals surface area contributed by atoms with Crippen molar-refractivity contribution in [3.63, 3.8) is 0 Å². The van der Waals surface area contributed by atoms with E-state index in [0.717, 1.165) is 16.9 Å². The van der Waals surface area contributed by atoms with Gasteiger partial charge in [0, 0.05) is 0 Å². The minimum absolute atomic E-state index is 0.0836. The minimum Gasteiger partial charge on any atom is -0.497 e. The van der Waals surface area contributed by atoms with Crippen LogP contribution in [0.1, 0.15) is 11.1 Å². The molecule has 0 N–H and O–H groups in total. The Bertz CT molecular complexity index is 719. The predicted octanol–water partition coefficient (Wildman–Crippen LogP) is 3.11. The highest BCUT2D eigenvalue weighted by Gasteiger charge is 2.22. The molecule has 1 aliphatic rings. The summed E-state index contributed by atoms with van der Waals surface area (Å²) in [4.78, 5) is 18.2. The first-order chi connectivity index (χ1) is 10.8. The molecule has 0 radical (unpaired) electrons. The summed E-state index contributed by atoms with van der Waals surface area (Å²) in [5, 5.41) is 0. The standard InChI is InChI=1S/C18H16N2O2/c1-22-16-9-7-14(8-10-16)11-17-18(21)20(13-19-17)12-15-5-3-2-4-6-15/h2-11,13H,12H2,1H3/b17-11+. The highest BCUT2D eigenvalue weighted by molar-refractivity contribution is 6.08. The van der Waals surface area contributed by atoms with Gasteiger partial charge in [-0.05, 0) is 29.3 Å². The van der Waals surface area contributed by atoms with Gasteiger partial charge in [-0.15, -0.1) is 0 Å². The smallest absolute Gasteiger partial charge is 0.277 e. The van der Waals surface area contributed by atoms with Crippen LogP contribution in [0.3, 0.4) is 0 Å². The number of carbonyl (C=O) groups is 1. The van der Waals surface area contributed by atoms with Crippen molar-refractivity contribution >= 4 is 18.3 Å². The maximum absolute atomic E-state index is 12.3. The average molecular weight is 292 g/mol. The highest BCUT2D eigenvalue weighted by atomic mass is 16.5. The van der Waals surface area contributed by atoms with E-state index in [2.05, 4.69) is 4.99 Å². The van der Waals surface area contributed by atoms with E-state index in [-0.39, 0.29) is 5.91 Å². The van der Waals surface area contributed by atoms with Gasteiger partial charge in [0.1, 0.15) is 11.4 Å². The topological polar surface area (TPSA) is 41.9 Å². The van der Waals surface area contributed by atoms with Gasteiger partial charge in [-0.2, -0.15) is 0 Å². The van der Waals surface area contributed by atoms with Gasteiger partial charge in [0.15, 0.2) is 0 Å². The fraction of sp³-hybridized carbons (Fsp3) is 0.111. The number of carbonyl (C=O) groups excluding carboxylic acids is 1. The van der Waals surface area contributed by atoms with Gasteiger partial charge in [-0.25, -0.2) is 4.99 Å². The van der Waals surface area contributed by atoms with E-state index >= 15 is 0 Å². The van der Waals surface area contributed by atoms with Crippen molar-refractivity contribution in [1.82, 2.24) is 4.90 Å². The van der Waals surface area contributed by atoms with Gasteiger partial charge < -0.3 is 4.74 Å². The Morgan fingerprint density at radius 3 is 2.50 bits per heavy atom.